The van der Waals surface area contributed by atoms with Crippen LogP contribution in [0.25, 0.3) is 5.69 Å². The van der Waals surface area contributed by atoms with Crippen molar-refractivity contribution in [2.75, 3.05) is 0 Å². The van der Waals surface area contributed by atoms with Crippen molar-refractivity contribution in [2.45, 2.75) is 10.1 Å². The van der Waals surface area contributed by atoms with E-state index in [2.05, 4.69) is 20.5 Å². The normalized spacial score (nSPS) is 10.6. The Morgan fingerprint density at radius 2 is 1.95 bits per heavy atom. The van der Waals surface area contributed by atoms with Crippen LogP contribution in [0.4, 0.5) is 0 Å². The minimum atomic E-state index is 0.448. The van der Waals surface area contributed by atoms with Crippen molar-refractivity contribution in [3.05, 3.63) is 53.8 Å². The maximum atomic E-state index is 5.86. The molecule has 0 aliphatic rings. The average Bonchev–Trinajstić information content (AvgIpc) is 2.88. The molecular weight excluding hydrogens is 282 g/mol. The van der Waals surface area contributed by atoms with E-state index >= 15 is 0 Å². The molecule has 94 valence electrons. The molecule has 2 aromatic heterocycles. The fourth-order valence-electron chi connectivity index (χ4n) is 1.53. The van der Waals surface area contributed by atoms with Crippen LogP contribution in [0.1, 0.15) is 0 Å². The Balaban J connectivity index is 1.93. The molecule has 5 nitrogen and oxygen atoms in total. The molecule has 0 aliphatic heterocycles. The van der Waals surface area contributed by atoms with Crippen molar-refractivity contribution in [1.29, 1.82) is 0 Å². The highest BCUT2D eigenvalue weighted by molar-refractivity contribution is 7.99. The predicted molar refractivity (Wildman–Crippen MR) is 72.5 cm³/mol. The third kappa shape index (κ3) is 2.74. The predicted octanol–water partition coefficient (Wildman–Crippen LogP) is 2.86. The van der Waals surface area contributed by atoms with Gasteiger partial charge in [-0.25, -0.2) is 4.98 Å². The van der Waals surface area contributed by atoms with Crippen molar-refractivity contribution in [1.82, 2.24) is 25.2 Å². The minimum absolute atomic E-state index is 0.448. The molecular formula is C12H8ClN5S. The molecule has 0 radical (unpaired) electrons. The lowest BCUT2D eigenvalue weighted by molar-refractivity contribution is 0.756. The Morgan fingerprint density at radius 3 is 2.74 bits per heavy atom. The van der Waals surface area contributed by atoms with Crippen LogP contribution in [0.5, 0.6) is 0 Å². The molecule has 0 N–H and O–H groups in total. The number of nitrogens with zero attached hydrogens (tertiary/aromatic N) is 5. The number of para-hydroxylation sites is 1. The second kappa shape index (κ2) is 5.38. The summed E-state index contributed by atoms with van der Waals surface area (Å²) in [5, 5.41) is 12.8. The first kappa shape index (κ1) is 12.1. The van der Waals surface area contributed by atoms with E-state index < -0.39 is 0 Å². The van der Waals surface area contributed by atoms with Crippen LogP contribution in [0.2, 0.25) is 5.15 Å². The molecule has 3 aromatic rings. The van der Waals surface area contributed by atoms with Gasteiger partial charge in [0.25, 0.3) is 0 Å². The van der Waals surface area contributed by atoms with Gasteiger partial charge in [0.2, 0.25) is 5.16 Å². The molecule has 7 heteroatoms. The zero-order valence-electron chi connectivity index (χ0n) is 9.64. The molecule has 3 rings (SSSR count). The summed E-state index contributed by atoms with van der Waals surface area (Å²) >= 11 is 7.29. The van der Waals surface area contributed by atoms with E-state index in [1.165, 1.54) is 11.8 Å². The third-order valence-electron chi connectivity index (χ3n) is 2.35. The standard InChI is InChI=1S/C12H8ClN5S/c13-11-8-10(6-7-14-11)19-12-15-16-17-18(12)9-4-2-1-3-5-9/h1-8H. The Kier molecular flexibility index (Phi) is 3.43. The van der Waals surface area contributed by atoms with E-state index in [1.54, 1.807) is 16.9 Å². The summed E-state index contributed by atoms with van der Waals surface area (Å²) in [6, 6.07) is 13.4. The minimum Gasteiger partial charge on any atom is -0.244 e. The summed E-state index contributed by atoms with van der Waals surface area (Å²) in [7, 11) is 0. The summed E-state index contributed by atoms with van der Waals surface area (Å²) in [6.07, 6.45) is 1.65. The zero-order valence-corrected chi connectivity index (χ0v) is 11.2. The number of tetrazole rings is 1. The number of halogens is 1. The number of hydrogen-bond acceptors (Lipinski definition) is 5. The molecule has 0 aliphatic carbocycles. The van der Waals surface area contributed by atoms with Crippen molar-refractivity contribution in [3.63, 3.8) is 0 Å². The van der Waals surface area contributed by atoms with Gasteiger partial charge in [0, 0.05) is 11.1 Å². The van der Waals surface area contributed by atoms with Gasteiger partial charge in [0.1, 0.15) is 5.15 Å². The van der Waals surface area contributed by atoms with Crippen LogP contribution in [-0.2, 0) is 0 Å². The van der Waals surface area contributed by atoms with Crippen LogP contribution in [0.3, 0.4) is 0 Å². The van der Waals surface area contributed by atoms with Gasteiger partial charge in [-0.05, 0) is 46.5 Å². The van der Waals surface area contributed by atoms with Gasteiger partial charge >= 0.3 is 0 Å². The maximum Gasteiger partial charge on any atom is 0.218 e. The zero-order chi connectivity index (χ0) is 13.1. The van der Waals surface area contributed by atoms with E-state index in [0.717, 1.165) is 10.6 Å². The smallest absolute Gasteiger partial charge is 0.218 e. The number of rotatable bonds is 3. The van der Waals surface area contributed by atoms with Crippen molar-refractivity contribution >= 4 is 23.4 Å². The second-order valence-electron chi connectivity index (χ2n) is 3.63. The summed E-state index contributed by atoms with van der Waals surface area (Å²) in [5.74, 6) is 0. The van der Waals surface area contributed by atoms with E-state index in [4.69, 9.17) is 11.6 Å². The van der Waals surface area contributed by atoms with Crippen molar-refractivity contribution < 1.29 is 0 Å². The van der Waals surface area contributed by atoms with Gasteiger partial charge < -0.3 is 0 Å². The molecule has 0 spiro atoms. The monoisotopic (exact) mass is 289 g/mol. The second-order valence-corrected chi connectivity index (χ2v) is 5.05. The molecule has 0 saturated carbocycles. The number of aromatic nitrogens is 5. The molecule has 0 amide bonds. The Hall–Kier alpha value is -1.92. The van der Waals surface area contributed by atoms with Crippen LogP contribution in [0, 0.1) is 0 Å². The lowest BCUT2D eigenvalue weighted by Crippen LogP contribution is -1.98. The first-order valence-electron chi connectivity index (χ1n) is 5.46. The molecule has 2 heterocycles. The SMILES string of the molecule is Clc1cc(Sc2nnnn2-c2ccccc2)ccn1. The molecule has 0 bridgehead atoms. The molecule has 0 unspecified atom stereocenters. The highest BCUT2D eigenvalue weighted by atomic mass is 35.5. The Morgan fingerprint density at radius 1 is 1.11 bits per heavy atom. The summed E-state index contributed by atoms with van der Waals surface area (Å²) in [4.78, 5) is 4.88. The molecule has 0 fully saturated rings. The third-order valence-corrected chi connectivity index (χ3v) is 3.48. The molecule has 19 heavy (non-hydrogen) atoms. The maximum absolute atomic E-state index is 5.86. The van der Waals surface area contributed by atoms with Crippen LogP contribution < -0.4 is 0 Å². The van der Waals surface area contributed by atoms with E-state index in [1.807, 2.05) is 36.4 Å². The Bertz CT molecular complexity index is 685. The van der Waals surface area contributed by atoms with Gasteiger partial charge in [0.05, 0.1) is 5.69 Å². The van der Waals surface area contributed by atoms with Crippen molar-refractivity contribution in [2.24, 2.45) is 0 Å². The Labute approximate surface area is 118 Å². The van der Waals surface area contributed by atoms with Gasteiger partial charge in [0.15, 0.2) is 0 Å². The lowest BCUT2D eigenvalue weighted by atomic mass is 10.3. The van der Waals surface area contributed by atoms with Crippen LogP contribution >= 0.6 is 23.4 Å². The molecule has 1 aromatic carbocycles. The number of pyridine rings is 1. The van der Waals surface area contributed by atoms with Gasteiger partial charge in [-0.1, -0.05) is 29.8 Å². The van der Waals surface area contributed by atoms with Gasteiger partial charge in [-0.2, -0.15) is 4.68 Å². The largest absolute Gasteiger partial charge is 0.244 e. The molecule has 0 atom stereocenters. The van der Waals surface area contributed by atoms with Gasteiger partial charge in [-0.15, -0.1) is 5.10 Å². The number of hydrogen-bond donors (Lipinski definition) is 0. The lowest BCUT2D eigenvalue weighted by Gasteiger charge is -2.03. The first-order valence-corrected chi connectivity index (χ1v) is 6.65. The van der Waals surface area contributed by atoms with Crippen LogP contribution in [-0.4, -0.2) is 25.2 Å². The van der Waals surface area contributed by atoms with E-state index in [0.29, 0.717) is 10.3 Å². The topological polar surface area (TPSA) is 56.5 Å². The van der Waals surface area contributed by atoms with E-state index in [-0.39, 0.29) is 0 Å². The first-order chi connectivity index (χ1) is 9.33. The van der Waals surface area contributed by atoms with Gasteiger partial charge in [-0.3, -0.25) is 0 Å². The average molecular weight is 290 g/mol. The quantitative estimate of drug-likeness (QED) is 0.694. The fraction of sp³-hybridized carbons (Fsp3) is 0. The van der Waals surface area contributed by atoms with Crippen molar-refractivity contribution in [3.8, 4) is 5.69 Å². The summed E-state index contributed by atoms with van der Waals surface area (Å²) < 4.78 is 1.68. The van der Waals surface area contributed by atoms with E-state index in [9.17, 15) is 0 Å². The highest BCUT2D eigenvalue weighted by Gasteiger charge is 2.10. The fourth-order valence-corrected chi connectivity index (χ4v) is 2.58. The molecule has 0 saturated heterocycles. The number of benzene rings is 1. The summed E-state index contributed by atoms with van der Waals surface area (Å²) in [6.45, 7) is 0. The van der Waals surface area contributed by atoms with Crippen LogP contribution in [0.15, 0.2) is 58.7 Å². The summed E-state index contributed by atoms with van der Waals surface area (Å²) in [5.41, 5.74) is 0.912. The highest BCUT2D eigenvalue weighted by Crippen LogP contribution is 2.27.